The summed E-state index contributed by atoms with van der Waals surface area (Å²) in [6.45, 7) is 13.1. The zero-order valence-electron chi connectivity index (χ0n) is 22.8. The van der Waals surface area contributed by atoms with Crippen molar-refractivity contribution in [3.05, 3.63) is 34.9 Å². The molecule has 0 radical (unpaired) electrons. The fourth-order valence-corrected chi connectivity index (χ4v) is 9.79. The summed E-state index contributed by atoms with van der Waals surface area (Å²) in [7, 11) is 0. The molecular weight excluding hydrogens is 452 g/mol. The number of aliphatic hydroxyl groups is 1. The van der Waals surface area contributed by atoms with Crippen LogP contribution in [-0.2, 0) is 19.1 Å². The molecule has 6 aliphatic rings. The van der Waals surface area contributed by atoms with E-state index >= 15 is 0 Å². The van der Waals surface area contributed by atoms with Gasteiger partial charge in [0.25, 0.3) is 0 Å². The molecule has 0 spiro atoms. The molecule has 4 aliphatic carbocycles. The van der Waals surface area contributed by atoms with Crippen LogP contribution < -0.4 is 0 Å². The molecule has 1 N–H and O–H groups in total. The molecule has 196 valence electrons. The van der Waals surface area contributed by atoms with Gasteiger partial charge in [0.15, 0.2) is 5.60 Å². The summed E-state index contributed by atoms with van der Waals surface area (Å²) in [5.74, 6) is -0.0727. The zero-order valence-corrected chi connectivity index (χ0v) is 22.8. The van der Waals surface area contributed by atoms with Crippen LogP contribution >= 0.6 is 0 Å². The molecule has 2 saturated carbocycles. The molecule has 2 bridgehead atoms. The molecule has 0 amide bonds. The van der Waals surface area contributed by atoms with E-state index in [1.54, 1.807) is 18.6 Å². The van der Waals surface area contributed by atoms with Crippen LogP contribution in [0.4, 0.5) is 0 Å². The van der Waals surface area contributed by atoms with Gasteiger partial charge in [-0.2, -0.15) is 0 Å². The Morgan fingerprint density at radius 2 is 1.72 bits per heavy atom. The first-order valence-corrected chi connectivity index (χ1v) is 14.0. The lowest BCUT2D eigenvalue weighted by atomic mass is 9.50. The highest BCUT2D eigenvalue weighted by Gasteiger charge is 2.68. The number of hydrogen-bond acceptors (Lipinski definition) is 5. The number of fused-ring (bicyclic) bond motifs is 5. The van der Waals surface area contributed by atoms with Crippen molar-refractivity contribution in [3.8, 4) is 0 Å². The average molecular weight is 495 g/mol. The molecular formula is C31H42O5. The van der Waals surface area contributed by atoms with E-state index in [1.807, 2.05) is 19.9 Å². The van der Waals surface area contributed by atoms with Crippen molar-refractivity contribution < 1.29 is 24.2 Å². The maximum absolute atomic E-state index is 12.6. The third kappa shape index (κ3) is 3.04. The Kier molecular flexibility index (Phi) is 5.00. The Labute approximate surface area is 215 Å². The van der Waals surface area contributed by atoms with Crippen LogP contribution in [0.15, 0.2) is 34.9 Å². The minimum Gasteiger partial charge on any atom is -0.460 e. The van der Waals surface area contributed by atoms with Crippen LogP contribution in [0, 0.1) is 34.0 Å². The summed E-state index contributed by atoms with van der Waals surface area (Å²) in [4.78, 5) is 24.8. The SMILES string of the molecule is CC1(C)OC(=O)C=CC2=CC3=C(CC[C@H]21)[C@]1(C)CC[C@H]([C@@]2(C)C[C@@H]4C[C@H]2OC(=O)[C@]4(C)O)[C@@]1(C)CC3. The van der Waals surface area contributed by atoms with Gasteiger partial charge in [0.05, 0.1) is 0 Å². The summed E-state index contributed by atoms with van der Waals surface area (Å²) in [6.07, 6.45) is 13.9. The second-order valence-corrected chi connectivity index (χ2v) is 14.1. The lowest BCUT2D eigenvalue weighted by Gasteiger charge is -2.54. The van der Waals surface area contributed by atoms with E-state index in [4.69, 9.17) is 9.47 Å². The first-order valence-electron chi connectivity index (χ1n) is 14.0. The van der Waals surface area contributed by atoms with Crippen molar-refractivity contribution >= 4 is 11.9 Å². The maximum Gasteiger partial charge on any atom is 0.338 e. The predicted molar refractivity (Wildman–Crippen MR) is 137 cm³/mol. The molecule has 2 aliphatic heterocycles. The van der Waals surface area contributed by atoms with Crippen molar-refractivity contribution in [2.24, 2.45) is 34.0 Å². The number of ether oxygens (including phenoxy) is 2. The third-order valence-corrected chi connectivity index (χ3v) is 12.1. The molecule has 3 fully saturated rings. The molecule has 1 saturated heterocycles. The van der Waals surface area contributed by atoms with Crippen LogP contribution in [0.1, 0.15) is 92.9 Å². The van der Waals surface area contributed by atoms with Gasteiger partial charge in [-0.15, -0.1) is 0 Å². The molecule has 5 nitrogen and oxygen atoms in total. The number of hydrogen-bond donors (Lipinski definition) is 1. The molecule has 0 aromatic rings. The minimum atomic E-state index is -1.37. The second kappa shape index (κ2) is 7.36. The highest BCUT2D eigenvalue weighted by atomic mass is 16.6. The predicted octanol–water partition coefficient (Wildman–Crippen LogP) is 5.82. The Balaban J connectivity index is 1.37. The highest BCUT2D eigenvalue weighted by Crippen LogP contribution is 2.72. The fourth-order valence-electron chi connectivity index (χ4n) is 9.79. The molecule has 6 rings (SSSR count). The lowest BCUT2D eigenvalue weighted by molar-refractivity contribution is -0.187. The van der Waals surface area contributed by atoms with Crippen molar-refractivity contribution in [1.82, 2.24) is 0 Å². The Bertz CT molecular complexity index is 1120. The summed E-state index contributed by atoms with van der Waals surface area (Å²) in [5, 5.41) is 10.9. The topological polar surface area (TPSA) is 72.8 Å². The van der Waals surface area contributed by atoms with Gasteiger partial charge in [0, 0.05) is 23.3 Å². The van der Waals surface area contributed by atoms with Gasteiger partial charge < -0.3 is 14.6 Å². The summed E-state index contributed by atoms with van der Waals surface area (Å²) < 4.78 is 11.8. The van der Waals surface area contributed by atoms with Crippen LogP contribution in [0.3, 0.4) is 0 Å². The largest absolute Gasteiger partial charge is 0.460 e. The van der Waals surface area contributed by atoms with E-state index in [0.717, 1.165) is 51.4 Å². The summed E-state index contributed by atoms with van der Waals surface area (Å²) >= 11 is 0. The van der Waals surface area contributed by atoms with Crippen LogP contribution in [0.25, 0.3) is 0 Å². The Morgan fingerprint density at radius 3 is 2.47 bits per heavy atom. The first-order chi connectivity index (χ1) is 16.7. The van der Waals surface area contributed by atoms with Crippen molar-refractivity contribution in [2.75, 3.05) is 0 Å². The van der Waals surface area contributed by atoms with E-state index in [1.165, 1.54) is 11.1 Å². The van der Waals surface area contributed by atoms with Crippen molar-refractivity contribution in [3.63, 3.8) is 0 Å². The van der Waals surface area contributed by atoms with E-state index < -0.39 is 17.2 Å². The molecule has 0 aromatic heterocycles. The van der Waals surface area contributed by atoms with Gasteiger partial charge in [0.2, 0.25) is 0 Å². The first kappa shape index (κ1) is 24.5. The van der Waals surface area contributed by atoms with Gasteiger partial charge in [0.1, 0.15) is 11.7 Å². The molecule has 5 heteroatoms. The number of carbonyl (C=O) groups is 2. The van der Waals surface area contributed by atoms with Crippen LogP contribution in [0.2, 0.25) is 0 Å². The molecule has 2 heterocycles. The maximum atomic E-state index is 12.6. The second-order valence-electron chi connectivity index (χ2n) is 14.1. The van der Waals surface area contributed by atoms with E-state index in [2.05, 4.69) is 26.8 Å². The molecule has 8 atom stereocenters. The number of allylic oxidation sites excluding steroid dienone is 4. The monoisotopic (exact) mass is 494 g/mol. The van der Waals surface area contributed by atoms with Gasteiger partial charge >= 0.3 is 11.9 Å². The van der Waals surface area contributed by atoms with Gasteiger partial charge in [-0.05, 0) is 100 Å². The normalized spacial score (nSPS) is 49.2. The van der Waals surface area contributed by atoms with Gasteiger partial charge in [-0.1, -0.05) is 38.5 Å². The number of rotatable bonds is 1. The fraction of sp³-hybridized carbons (Fsp3) is 0.742. The van der Waals surface area contributed by atoms with Gasteiger partial charge in [-0.25, -0.2) is 9.59 Å². The molecule has 0 unspecified atom stereocenters. The smallest absolute Gasteiger partial charge is 0.338 e. The Morgan fingerprint density at radius 1 is 0.972 bits per heavy atom. The average Bonchev–Trinajstić information content (AvgIpc) is 3.10. The van der Waals surface area contributed by atoms with Crippen molar-refractivity contribution in [2.45, 2.75) is 110 Å². The lowest BCUT2D eigenvalue weighted by Crippen LogP contribution is -2.50. The van der Waals surface area contributed by atoms with E-state index in [0.29, 0.717) is 5.92 Å². The zero-order chi connectivity index (χ0) is 25.9. The van der Waals surface area contributed by atoms with Gasteiger partial charge in [-0.3, -0.25) is 0 Å². The van der Waals surface area contributed by atoms with Crippen LogP contribution in [0.5, 0.6) is 0 Å². The Hall–Kier alpha value is -1.88. The van der Waals surface area contributed by atoms with Crippen LogP contribution in [-0.4, -0.2) is 34.4 Å². The molecule has 36 heavy (non-hydrogen) atoms. The molecule has 0 aromatic carbocycles. The number of cyclic esters (lactones) is 1. The third-order valence-electron chi connectivity index (χ3n) is 12.1. The number of carbonyl (C=O) groups excluding carboxylic acids is 2. The standard InChI is InChI=1S/C31H42O5/c1-27(2)21-8-9-22-19(15-18(21)7-10-25(32)36-27)11-13-30(5)23(12-14-29(22,30)4)28(3)17-20-16-24(28)35-26(33)31(20,6)34/h7,10,15,20-21,23-24,34H,8-9,11-14,16-17H2,1-6H3/t20-,21+,23+,24+,28+,29-,30+,31+/m0/s1. The summed E-state index contributed by atoms with van der Waals surface area (Å²) in [6, 6.07) is 0. The minimum absolute atomic E-state index is 0.0195. The van der Waals surface area contributed by atoms with E-state index in [-0.39, 0.29) is 40.2 Å². The summed E-state index contributed by atoms with van der Waals surface area (Å²) in [5.41, 5.74) is 2.48. The van der Waals surface area contributed by atoms with E-state index in [9.17, 15) is 14.7 Å². The highest BCUT2D eigenvalue weighted by molar-refractivity contribution is 5.83. The quantitative estimate of drug-likeness (QED) is 0.465. The number of esters is 2. The van der Waals surface area contributed by atoms with Crippen molar-refractivity contribution in [1.29, 1.82) is 0 Å².